The second-order valence-electron chi connectivity index (χ2n) is 5.95. The van der Waals surface area contributed by atoms with Crippen LogP contribution in [0.5, 0.6) is 0 Å². The Morgan fingerprint density at radius 3 is 2.70 bits per heavy atom. The Bertz CT molecular complexity index is 413. The summed E-state index contributed by atoms with van der Waals surface area (Å²) in [5.41, 5.74) is 0.497. The normalized spacial score (nSPS) is 17.6. The van der Waals surface area contributed by atoms with Crippen LogP contribution in [0, 0.1) is 17.6 Å². The van der Waals surface area contributed by atoms with Crippen LogP contribution in [0.15, 0.2) is 18.2 Å². The molecule has 1 aromatic carbocycles. The SMILES string of the molecule is CCCNC(Cc1cccc(F)c1F)CC1CCCC1. The van der Waals surface area contributed by atoms with Crippen molar-refractivity contribution in [3.63, 3.8) is 0 Å². The van der Waals surface area contributed by atoms with Crippen LogP contribution >= 0.6 is 0 Å². The maximum absolute atomic E-state index is 13.8. The van der Waals surface area contributed by atoms with Crippen LogP contribution in [0.1, 0.15) is 51.0 Å². The zero-order valence-electron chi connectivity index (χ0n) is 12.3. The standard InChI is InChI=1S/C17H25F2N/c1-2-10-20-15(11-13-6-3-4-7-13)12-14-8-5-9-16(18)17(14)19/h5,8-9,13,15,20H,2-4,6-7,10-12H2,1H3. The number of rotatable bonds is 7. The zero-order valence-corrected chi connectivity index (χ0v) is 12.3. The Morgan fingerprint density at radius 1 is 1.25 bits per heavy atom. The van der Waals surface area contributed by atoms with Crippen molar-refractivity contribution in [2.24, 2.45) is 5.92 Å². The molecular weight excluding hydrogens is 256 g/mol. The molecule has 1 aliphatic carbocycles. The first-order valence-electron chi connectivity index (χ1n) is 7.87. The summed E-state index contributed by atoms with van der Waals surface area (Å²) in [7, 11) is 0. The lowest BCUT2D eigenvalue weighted by Gasteiger charge is -2.22. The number of halogens is 2. The van der Waals surface area contributed by atoms with Gasteiger partial charge in [0.15, 0.2) is 11.6 Å². The van der Waals surface area contributed by atoms with Crippen LogP contribution in [-0.2, 0) is 6.42 Å². The van der Waals surface area contributed by atoms with Gasteiger partial charge in [-0.3, -0.25) is 0 Å². The highest BCUT2D eigenvalue weighted by molar-refractivity contribution is 5.20. The number of benzene rings is 1. The van der Waals surface area contributed by atoms with Gasteiger partial charge in [0.2, 0.25) is 0 Å². The first-order valence-corrected chi connectivity index (χ1v) is 7.87. The van der Waals surface area contributed by atoms with Gasteiger partial charge in [-0.1, -0.05) is 44.7 Å². The van der Waals surface area contributed by atoms with Crippen molar-refractivity contribution in [1.29, 1.82) is 0 Å². The maximum Gasteiger partial charge on any atom is 0.162 e. The summed E-state index contributed by atoms with van der Waals surface area (Å²) in [6.45, 7) is 3.07. The fourth-order valence-electron chi connectivity index (χ4n) is 3.21. The summed E-state index contributed by atoms with van der Waals surface area (Å²) < 4.78 is 27.1. The molecule has 2 rings (SSSR count). The van der Waals surface area contributed by atoms with Crippen LogP contribution in [0.25, 0.3) is 0 Å². The quantitative estimate of drug-likeness (QED) is 0.778. The Balaban J connectivity index is 1.99. The van der Waals surface area contributed by atoms with E-state index in [-0.39, 0.29) is 6.04 Å². The molecule has 0 bridgehead atoms. The minimum atomic E-state index is -0.738. The molecule has 0 saturated heterocycles. The molecule has 20 heavy (non-hydrogen) atoms. The fourth-order valence-corrected chi connectivity index (χ4v) is 3.21. The van der Waals surface area contributed by atoms with Crippen LogP contribution in [-0.4, -0.2) is 12.6 Å². The summed E-state index contributed by atoms with van der Waals surface area (Å²) in [5, 5.41) is 3.50. The molecule has 1 unspecified atom stereocenters. The number of nitrogens with one attached hydrogen (secondary N) is 1. The molecule has 3 heteroatoms. The van der Waals surface area contributed by atoms with Gasteiger partial charge in [-0.15, -0.1) is 0 Å². The van der Waals surface area contributed by atoms with Gasteiger partial charge in [-0.05, 0) is 43.4 Å². The van der Waals surface area contributed by atoms with E-state index in [9.17, 15) is 8.78 Å². The van der Waals surface area contributed by atoms with E-state index in [0.29, 0.717) is 12.0 Å². The van der Waals surface area contributed by atoms with Crippen LogP contribution in [0.3, 0.4) is 0 Å². The van der Waals surface area contributed by atoms with Gasteiger partial charge in [-0.2, -0.15) is 0 Å². The Morgan fingerprint density at radius 2 is 2.00 bits per heavy atom. The molecule has 0 aromatic heterocycles. The van der Waals surface area contributed by atoms with E-state index in [1.54, 1.807) is 12.1 Å². The zero-order chi connectivity index (χ0) is 14.4. The van der Waals surface area contributed by atoms with Crippen molar-refractivity contribution in [1.82, 2.24) is 5.32 Å². The second-order valence-corrected chi connectivity index (χ2v) is 5.95. The molecular formula is C17H25F2N. The average Bonchev–Trinajstić information content (AvgIpc) is 2.94. The van der Waals surface area contributed by atoms with Gasteiger partial charge in [0.1, 0.15) is 0 Å². The van der Waals surface area contributed by atoms with E-state index in [0.717, 1.165) is 25.3 Å². The van der Waals surface area contributed by atoms with Crippen molar-refractivity contribution < 1.29 is 8.78 Å². The molecule has 1 fully saturated rings. The Kier molecular flexibility index (Phi) is 5.96. The molecule has 1 aromatic rings. The summed E-state index contributed by atoms with van der Waals surface area (Å²) >= 11 is 0. The summed E-state index contributed by atoms with van der Waals surface area (Å²) in [4.78, 5) is 0. The summed E-state index contributed by atoms with van der Waals surface area (Å²) in [5.74, 6) is -0.666. The first kappa shape index (κ1) is 15.4. The van der Waals surface area contributed by atoms with Crippen molar-refractivity contribution in [2.75, 3.05) is 6.54 Å². The minimum absolute atomic E-state index is 0.259. The third kappa shape index (κ3) is 4.27. The van der Waals surface area contributed by atoms with Crippen molar-refractivity contribution in [3.05, 3.63) is 35.4 Å². The molecule has 1 N–H and O–H groups in total. The topological polar surface area (TPSA) is 12.0 Å². The molecule has 1 aliphatic rings. The second kappa shape index (κ2) is 7.72. The van der Waals surface area contributed by atoms with E-state index < -0.39 is 11.6 Å². The van der Waals surface area contributed by atoms with Crippen LogP contribution < -0.4 is 5.32 Å². The van der Waals surface area contributed by atoms with Gasteiger partial charge in [0.05, 0.1) is 0 Å². The molecule has 0 amide bonds. The van der Waals surface area contributed by atoms with Gasteiger partial charge >= 0.3 is 0 Å². The maximum atomic E-state index is 13.8. The lowest BCUT2D eigenvalue weighted by atomic mass is 9.93. The molecule has 0 radical (unpaired) electrons. The molecule has 1 saturated carbocycles. The van der Waals surface area contributed by atoms with E-state index in [4.69, 9.17) is 0 Å². The molecule has 112 valence electrons. The number of hydrogen-bond acceptors (Lipinski definition) is 1. The van der Waals surface area contributed by atoms with E-state index in [1.807, 2.05) is 0 Å². The average molecular weight is 281 g/mol. The monoisotopic (exact) mass is 281 g/mol. The molecule has 0 aliphatic heterocycles. The van der Waals surface area contributed by atoms with E-state index in [1.165, 1.54) is 31.7 Å². The highest BCUT2D eigenvalue weighted by atomic mass is 19.2. The largest absolute Gasteiger partial charge is 0.314 e. The van der Waals surface area contributed by atoms with Crippen LogP contribution in [0.2, 0.25) is 0 Å². The summed E-state index contributed by atoms with van der Waals surface area (Å²) in [6, 6.07) is 4.74. The first-order chi connectivity index (χ1) is 9.70. The fraction of sp³-hybridized carbons (Fsp3) is 0.647. The molecule has 1 atom stereocenters. The Labute approximate surface area is 120 Å². The van der Waals surface area contributed by atoms with Crippen LogP contribution in [0.4, 0.5) is 8.78 Å². The lowest BCUT2D eigenvalue weighted by Crippen LogP contribution is -2.33. The molecule has 0 heterocycles. The molecule has 0 spiro atoms. The highest BCUT2D eigenvalue weighted by Crippen LogP contribution is 2.29. The van der Waals surface area contributed by atoms with Crippen molar-refractivity contribution in [3.8, 4) is 0 Å². The summed E-state index contributed by atoms with van der Waals surface area (Å²) in [6.07, 6.45) is 7.94. The third-order valence-electron chi connectivity index (χ3n) is 4.27. The van der Waals surface area contributed by atoms with Gasteiger partial charge in [0, 0.05) is 6.04 Å². The Hall–Kier alpha value is -0.960. The van der Waals surface area contributed by atoms with Gasteiger partial charge < -0.3 is 5.32 Å². The predicted octanol–water partition coefficient (Wildman–Crippen LogP) is 4.46. The molecule has 1 nitrogen and oxygen atoms in total. The minimum Gasteiger partial charge on any atom is -0.314 e. The number of hydrogen-bond donors (Lipinski definition) is 1. The van der Waals surface area contributed by atoms with Crippen molar-refractivity contribution in [2.45, 2.75) is 57.9 Å². The lowest BCUT2D eigenvalue weighted by molar-refractivity contribution is 0.379. The predicted molar refractivity (Wildman–Crippen MR) is 78.7 cm³/mol. The highest BCUT2D eigenvalue weighted by Gasteiger charge is 2.21. The van der Waals surface area contributed by atoms with E-state index in [2.05, 4.69) is 12.2 Å². The van der Waals surface area contributed by atoms with E-state index >= 15 is 0 Å². The van der Waals surface area contributed by atoms with Crippen molar-refractivity contribution >= 4 is 0 Å². The van der Waals surface area contributed by atoms with Gasteiger partial charge in [0.25, 0.3) is 0 Å². The third-order valence-corrected chi connectivity index (χ3v) is 4.27. The smallest absolute Gasteiger partial charge is 0.162 e. The van der Waals surface area contributed by atoms with Gasteiger partial charge in [-0.25, -0.2) is 8.78 Å².